The van der Waals surface area contributed by atoms with Gasteiger partial charge < -0.3 is 5.32 Å². The van der Waals surface area contributed by atoms with E-state index in [-0.39, 0.29) is 5.82 Å². The highest BCUT2D eigenvalue weighted by molar-refractivity contribution is 5.27. The molecule has 1 aromatic rings. The van der Waals surface area contributed by atoms with Crippen molar-refractivity contribution in [2.24, 2.45) is 11.8 Å². The molecule has 1 fully saturated rings. The maximum atomic E-state index is 13.4. The number of aryl methyl sites for hydroxylation is 1. The maximum Gasteiger partial charge on any atom is 0.126 e. The number of rotatable bonds is 4. The standard InChI is InChI=1S/C17H26FN/c1-4-13-7-5-6-8-15(13)17(19-3)14-9-10-16(18)12(2)11-14/h9-11,13,15,17,19H,4-8H2,1-3H3. The van der Waals surface area contributed by atoms with E-state index in [0.29, 0.717) is 12.0 Å². The molecule has 3 unspecified atom stereocenters. The second kappa shape index (κ2) is 6.51. The van der Waals surface area contributed by atoms with Crippen LogP contribution in [-0.2, 0) is 0 Å². The van der Waals surface area contributed by atoms with E-state index in [4.69, 9.17) is 0 Å². The van der Waals surface area contributed by atoms with E-state index in [1.807, 2.05) is 26.1 Å². The van der Waals surface area contributed by atoms with Crippen LogP contribution in [0.2, 0.25) is 0 Å². The van der Waals surface area contributed by atoms with Gasteiger partial charge >= 0.3 is 0 Å². The van der Waals surface area contributed by atoms with Crippen molar-refractivity contribution in [2.45, 2.75) is 52.0 Å². The van der Waals surface area contributed by atoms with Gasteiger partial charge in [0.15, 0.2) is 0 Å². The second-order valence-corrected chi connectivity index (χ2v) is 5.89. The monoisotopic (exact) mass is 263 g/mol. The molecule has 0 saturated heterocycles. The van der Waals surface area contributed by atoms with Crippen molar-refractivity contribution in [1.82, 2.24) is 5.32 Å². The van der Waals surface area contributed by atoms with Gasteiger partial charge in [-0.1, -0.05) is 44.7 Å². The van der Waals surface area contributed by atoms with Crippen LogP contribution in [0.1, 0.15) is 56.2 Å². The van der Waals surface area contributed by atoms with Crippen molar-refractivity contribution in [3.05, 3.63) is 35.1 Å². The lowest BCUT2D eigenvalue weighted by Gasteiger charge is -2.37. The summed E-state index contributed by atoms with van der Waals surface area (Å²) in [6.07, 6.45) is 6.59. The van der Waals surface area contributed by atoms with Gasteiger partial charge in [0.2, 0.25) is 0 Å². The SMILES string of the molecule is CCC1CCCCC1C(NC)c1ccc(F)c(C)c1. The maximum absolute atomic E-state index is 13.4. The molecule has 2 rings (SSSR count). The molecule has 1 aliphatic carbocycles. The van der Waals surface area contributed by atoms with Crippen LogP contribution in [0.5, 0.6) is 0 Å². The number of benzene rings is 1. The quantitative estimate of drug-likeness (QED) is 0.836. The predicted molar refractivity (Wildman–Crippen MR) is 78.7 cm³/mol. The predicted octanol–water partition coefficient (Wildman–Crippen LogP) is 4.61. The Morgan fingerprint density at radius 2 is 2.05 bits per heavy atom. The summed E-state index contributed by atoms with van der Waals surface area (Å²) in [5.74, 6) is 1.39. The van der Waals surface area contributed by atoms with Crippen LogP contribution < -0.4 is 5.32 Å². The van der Waals surface area contributed by atoms with Crippen LogP contribution in [0.3, 0.4) is 0 Å². The molecule has 0 heterocycles. The molecule has 0 bridgehead atoms. The van der Waals surface area contributed by atoms with E-state index in [1.54, 1.807) is 6.07 Å². The first kappa shape index (κ1) is 14.5. The number of halogens is 1. The summed E-state index contributed by atoms with van der Waals surface area (Å²) in [5, 5.41) is 3.48. The minimum absolute atomic E-state index is 0.103. The summed E-state index contributed by atoms with van der Waals surface area (Å²) in [4.78, 5) is 0. The Labute approximate surface area is 116 Å². The highest BCUT2D eigenvalue weighted by Gasteiger charge is 2.30. The molecule has 0 spiro atoms. The molecule has 2 heteroatoms. The molecule has 1 N–H and O–H groups in total. The molecule has 0 aliphatic heterocycles. The fourth-order valence-electron chi connectivity index (χ4n) is 3.67. The minimum Gasteiger partial charge on any atom is -0.313 e. The van der Waals surface area contributed by atoms with E-state index in [2.05, 4.69) is 12.2 Å². The molecule has 1 aromatic carbocycles. The van der Waals surface area contributed by atoms with Crippen LogP contribution in [0.4, 0.5) is 4.39 Å². The summed E-state index contributed by atoms with van der Waals surface area (Å²) in [6, 6.07) is 5.94. The van der Waals surface area contributed by atoms with Gasteiger partial charge in [0.1, 0.15) is 5.82 Å². The number of nitrogens with one attached hydrogen (secondary N) is 1. The smallest absolute Gasteiger partial charge is 0.126 e. The number of hydrogen-bond donors (Lipinski definition) is 1. The molecule has 0 aromatic heterocycles. The first-order valence-corrected chi connectivity index (χ1v) is 7.60. The van der Waals surface area contributed by atoms with Crippen LogP contribution in [0.15, 0.2) is 18.2 Å². The fraction of sp³-hybridized carbons (Fsp3) is 0.647. The molecule has 1 aliphatic rings. The highest BCUT2D eigenvalue weighted by Crippen LogP contribution is 2.40. The average molecular weight is 263 g/mol. The first-order chi connectivity index (χ1) is 9.17. The lowest BCUT2D eigenvalue weighted by molar-refractivity contribution is 0.180. The largest absolute Gasteiger partial charge is 0.313 e. The molecular formula is C17H26FN. The summed E-state index contributed by atoms with van der Waals surface area (Å²) in [7, 11) is 2.03. The van der Waals surface area contributed by atoms with E-state index in [0.717, 1.165) is 11.5 Å². The van der Waals surface area contributed by atoms with E-state index < -0.39 is 0 Å². The molecule has 0 radical (unpaired) electrons. The fourth-order valence-corrected chi connectivity index (χ4v) is 3.67. The summed E-state index contributed by atoms with van der Waals surface area (Å²) in [6.45, 7) is 4.15. The van der Waals surface area contributed by atoms with Crippen molar-refractivity contribution >= 4 is 0 Å². The normalized spacial score (nSPS) is 25.3. The van der Waals surface area contributed by atoms with Crippen molar-refractivity contribution in [3.63, 3.8) is 0 Å². The molecule has 1 saturated carbocycles. The topological polar surface area (TPSA) is 12.0 Å². The Bertz CT molecular complexity index is 416. The Kier molecular flexibility index (Phi) is 4.98. The minimum atomic E-state index is -0.103. The third-order valence-corrected chi connectivity index (χ3v) is 4.77. The van der Waals surface area contributed by atoms with Gasteiger partial charge in [-0.3, -0.25) is 0 Å². The molecule has 1 nitrogen and oxygen atoms in total. The van der Waals surface area contributed by atoms with Gasteiger partial charge in [0.05, 0.1) is 0 Å². The van der Waals surface area contributed by atoms with Gasteiger partial charge in [-0.25, -0.2) is 4.39 Å². The third kappa shape index (κ3) is 3.17. The number of hydrogen-bond acceptors (Lipinski definition) is 1. The van der Waals surface area contributed by atoms with Crippen LogP contribution in [0.25, 0.3) is 0 Å². The summed E-state index contributed by atoms with van der Waals surface area (Å²) >= 11 is 0. The molecule has 3 atom stereocenters. The van der Waals surface area contributed by atoms with Crippen LogP contribution >= 0.6 is 0 Å². The molecular weight excluding hydrogens is 237 g/mol. The molecule has 19 heavy (non-hydrogen) atoms. The third-order valence-electron chi connectivity index (χ3n) is 4.77. The Morgan fingerprint density at radius 1 is 1.32 bits per heavy atom. The van der Waals surface area contributed by atoms with Crippen molar-refractivity contribution < 1.29 is 4.39 Å². The first-order valence-electron chi connectivity index (χ1n) is 7.60. The zero-order chi connectivity index (χ0) is 13.8. The van der Waals surface area contributed by atoms with Crippen LogP contribution in [0, 0.1) is 24.6 Å². The Morgan fingerprint density at radius 3 is 2.68 bits per heavy atom. The van der Waals surface area contributed by atoms with Crippen molar-refractivity contribution in [2.75, 3.05) is 7.05 Å². The highest BCUT2D eigenvalue weighted by atomic mass is 19.1. The van der Waals surface area contributed by atoms with Gasteiger partial charge in [0.25, 0.3) is 0 Å². The lowest BCUT2D eigenvalue weighted by atomic mass is 9.72. The average Bonchev–Trinajstić information content (AvgIpc) is 2.44. The zero-order valence-corrected chi connectivity index (χ0v) is 12.4. The Hall–Kier alpha value is -0.890. The zero-order valence-electron chi connectivity index (χ0n) is 12.4. The summed E-state index contributed by atoms with van der Waals surface area (Å²) in [5.41, 5.74) is 1.99. The van der Waals surface area contributed by atoms with E-state index in [9.17, 15) is 4.39 Å². The van der Waals surface area contributed by atoms with Crippen molar-refractivity contribution in [3.8, 4) is 0 Å². The van der Waals surface area contributed by atoms with E-state index in [1.165, 1.54) is 37.7 Å². The Balaban J connectivity index is 2.24. The molecule has 106 valence electrons. The lowest BCUT2D eigenvalue weighted by Crippen LogP contribution is -2.32. The van der Waals surface area contributed by atoms with Crippen LogP contribution in [-0.4, -0.2) is 7.05 Å². The van der Waals surface area contributed by atoms with Gasteiger partial charge in [-0.05, 0) is 49.4 Å². The van der Waals surface area contributed by atoms with E-state index >= 15 is 0 Å². The van der Waals surface area contributed by atoms with Crippen molar-refractivity contribution in [1.29, 1.82) is 0 Å². The van der Waals surface area contributed by atoms with Gasteiger partial charge in [-0.15, -0.1) is 0 Å². The van der Waals surface area contributed by atoms with Gasteiger partial charge in [0, 0.05) is 6.04 Å². The second-order valence-electron chi connectivity index (χ2n) is 5.89. The molecule has 0 amide bonds. The van der Waals surface area contributed by atoms with Gasteiger partial charge in [-0.2, -0.15) is 0 Å². The summed E-state index contributed by atoms with van der Waals surface area (Å²) < 4.78 is 13.4.